The first kappa shape index (κ1) is 19.6. The van der Waals surface area contributed by atoms with E-state index in [0.717, 1.165) is 40.2 Å². The number of para-hydroxylation sites is 2. The molecule has 2 aromatic heterocycles. The van der Waals surface area contributed by atoms with Crippen molar-refractivity contribution in [2.45, 2.75) is 13.5 Å². The van der Waals surface area contributed by atoms with Crippen LogP contribution in [0, 0.1) is 6.92 Å². The number of aryl methyl sites for hydroxylation is 1. The molecule has 5 aromatic rings. The predicted octanol–water partition coefficient (Wildman–Crippen LogP) is 5.10. The smallest absolute Gasteiger partial charge is 0.255 e. The number of aromatic nitrogens is 4. The van der Waals surface area contributed by atoms with Gasteiger partial charge in [-0.15, -0.1) is 0 Å². The first-order valence-corrected chi connectivity index (χ1v) is 10.4. The lowest BCUT2D eigenvalue weighted by Crippen LogP contribution is -2.12. The molecule has 0 atom stereocenters. The van der Waals surface area contributed by atoms with E-state index in [1.807, 2.05) is 85.9 Å². The van der Waals surface area contributed by atoms with Crippen molar-refractivity contribution < 1.29 is 4.79 Å². The first-order chi connectivity index (χ1) is 15.7. The summed E-state index contributed by atoms with van der Waals surface area (Å²) in [5.41, 5.74) is 5.77. The summed E-state index contributed by atoms with van der Waals surface area (Å²) in [6, 6.07) is 23.0. The van der Waals surface area contributed by atoms with Crippen LogP contribution in [0.5, 0.6) is 0 Å². The summed E-state index contributed by atoms with van der Waals surface area (Å²) in [5, 5.41) is 2.98. The van der Waals surface area contributed by atoms with Crippen molar-refractivity contribution in [3.63, 3.8) is 0 Å². The van der Waals surface area contributed by atoms with E-state index in [4.69, 9.17) is 0 Å². The molecule has 5 rings (SSSR count). The fraction of sp³-hybridized carbons (Fsp3) is 0.0769. The first-order valence-electron chi connectivity index (χ1n) is 10.4. The van der Waals surface area contributed by atoms with Crippen LogP contribution in [0.2, 0.25) is 0 Å². The van der Waals surface area contributed by atoms with Crippen molar-refractivity contribution in [1.29, 1.82) is 0 Å². The number of imidazole rings is 1. The minimum absolute atomic E-state index is 0.155. The van der Waals surface area contributed by atoms with Crippen molar-refractivity contribution in [2.24, 2.45) is 0 Å². The molecule has 0 saturated carbocycles. The summed E-state index contributed by atoms with van der Waals surface area (Å²) in [7, 11) is 0. The normalized spacial score (nSPS) is 10.9. The molecule has 0 unspecified atom stereocenters. The van der Waals surface area contributed by atoms with Gasteiger partial charge in [-0.2, -0.15) is 0 Å². The van der Waals surface area contributed by atoms with Crippen molar-refractivity contribution >= 4 is 22.6 Å². The fourth-order valence-corrected chi connectivity index (χ4v) is 3.58. The van der Waals surface area contributed by atoms with Gasteiger partial charge in [0.25, 0.3) is 5.91 Å². The van der Waals surface area contributed by atoms with Gasteiger partial charge in [-0.05, 0) is 48.9 Å². The minimum atomic E-state index is -0.155. The van der Waals surface area contributed by atoms with Gasteiger partial charge in [-0.3, -0.25) is 9.78 Å². The van der Waals surface area contributed by atoms with Crippen LogP contribution in [0.4, 0.5) is 5.69 Å². The quantitative estimate of drug-likeness (QED) is 0.430. The number of anilines is 1. The van der Waals surface area contributed by atoms with E-state index in [2.05, 4.69) is 24.8 Å². The summed E-state index contributed by atoms with van der Waals surface area (Å²) in [4.78, 5) is 26.2. The highest BCUT2D eigenvalue weighted by Crippen LogP contribution is 2.23. The lowest BCUT2D eigenvalue weighted by molar-refractivity contribution is 0.102. The van der Waals surface area contributed by atoms with Crippen LogP contribution in [0.3, 0.4) is 0 Å². The molecule has 0 bridgehead atoms. The second-order valence-corrected chi connectivity index (χ2v) is 7.58. The van der Waals surface area contributed by atoms with Crippen molar-refractivity contribution in [1.82, 2.24) is 19.5 Å². The number of amides is 1. The second kappa shape index (κ2) is 8.43. The Kier molecular flexibility index (Phi) is 5.17. The molecule has 0 aliphatic heterocycles. The molecular weight excluding hydrogens is 398 g/mol. The minimum Gasteiger partial charge on any atom is -0.331 e. The topological polar surface area (TPSA) is 72.7 Å². The molecule has 0 saturated heterocycles. The number of hydrogen-bond acceptors (Lipinski definition) is 4. The average Bonchev–Trinajstić information content (AvgIpc) is 3.23. The lowest BCUT2D eigenvalue weighted by atomic mass is 10.1. The highest BCUT2D eigenvalue weighted by molar-refractivity contribution is 6.04. The van der Waals surface area contributed by atoms with E-state index in [1.165, 1.54) is 0 Å². The molecule has 2 heterocycles. The molecule has 1 amide bonds. The Balaban J connectivity index is 1.31. The van der Waals surface area contributed by atoms with E-state index in [0.29, 0.717) is 11.3 Å². The molecule has 32 heavy (non-hydrogen) atoms. The van der Waals surface area contributed by atoms with Gasteiger partial charge in [0.1, 0.15) is 5.82 Å². The van der Waals surface area contributed by atoms with Crippen LogP contribution in [-0.2, 0) is 6.54 Å². The lowest BCUT2D eigenvalue weighted by Gasteiger charge is -2.09. The maximum Gasteiger partial charge on any atom is 0.255 e. The molecule has 6 heteroatoms. The summed E-state index contributed by atoms with van der Waals surface area (Å²) < 4.78 is 2.07. The van der Waals surface area contributed by atoms with Gasteiger partial charge in [0.05, 0.1) is 22.9 Å². The number of hydrogen-bond donors (Lipinski definition) is 1. The van der Waals surface area contributed by atoms with E-state index < -0.39 is 0 Å². The third-order valence-electron chi connectivity index (χ3n) is 5.36. The molecule has 1 N–H and O–H groups in total. The molecule has 156 valence electrons. The number of benzene rings is 3. The van der Waals surface area contributed by atoms with Gasteiger partial charge in [0.2, 0.25) is 0 Å². The molecule has 3 aromatic carbocycles. The second-order valence-electron chi connectivity index (χ2n) is 7.58. The monoisotopic (exact) mass is 419 g/mol. The fourth-order valence-electron chi connectivity index (χ4n) is 3.58. The highest BCUT2D eigenvalue weighted by atomic mass is 16.1. The maximum atomic E-state index is 12.8. The Morgan fingerprint density at radius 2 is 1.75 bits per heavy atom. The number of rotatable bonds is 5. The molecule has 0 aliphatic rings. The summed E-state index contributed by atoms with van der Waals surface area (Å²) in [5.74, 6) is 0.805. The third kappa shape index (κ3) is 4.11. The zero-order valence-corrected chi connectivity index (χ0v) is 17.6. The Bertz CT molecular complexity index is 1410. The van der Waals surface area contributed by atoms with Gasteiger partial charge in [-0.25, -0.2) is 9.97 Å². The van der Waals surface area contributed by atoms with Crippen molar-refractivity contribution in [2.75, 3.05) is 5.32 Å². The van der Waals surface area contributed by atoms with Crippen molar-refractivity contribution in [3.05, 3.63) is 108 Å². The van der Waals surface area contributed by atoms with Crippen molar-refractivity contribution in [3.8, 4) is 11.3 Å². The zero-order valence-electron chi connectivity index (χ0n) is 17.6. The van der Waals surface area contributed by atoms with Gasteiger partial charge < -0.3 is 9.88 Å². The molecule has 0 aliphatic carbocycles. The van der Waals surface area contributed by atoms with Crippen LogP contribution >= 0.6 is 0 Å². The predicted molar refractivity (Wildman–Crippen MR) is 125 cm³/mol. The number of carbonyl (C=O) groups is 1. The van der Waals surface area contributed by atoms with Crippen LogP contribution in [0.15, 0.2) is 91.4 Å². The molecular formula is C26H21N5O. The standard InChI is InChI=1S/C26H21N5O/c1-18-27-13-14-31(18)17-19-9-11-20(12-10-19)26(32)29-22-6-4-5-21(15-22)25-16-28-23-7-2-3-8-24(23)30-25/h2-16H,17H2,1H3,(H,29,32). The van der Waals surface area contributed by atoms with Crippen LogP contribution < -0.4 is 5.32 Å². The number of fused-ring (bicyclic) bond motifs is 1. The largest absolute Gasteiger partial charge is 0.331 e. The molecule has 0 fully saturated rings. The van der Waals surface area contributed by atoms with Crippen LogP contribution in [-0.4, -0.2) is 25.4 Å². The summed E-state index contributed by atoms with van der Waals surface area (Å²) in [6.07, 6.45) is 5.49. The molecule has 0 radical (unpaired) electrons. The van der Waals surface area contributed by atoms with E-state index >= 15 is 0 Å². The zero-order chi connectivity index (χ0) is 21.9. The SMILES string of the molecule is Cc1nccn1Cc1ccc(C(=O)Nc2cccc(-c3cnc4ccccc4n3)c2)cc1. The number of nitrogens with one attached hydrogen (secondary N) is 1. The van der Waals surface area contributed by atoms with E-state index in [-0.39, 0.29) is 5.91 Å². The van der Waals surface area contributed by atoms with Gasteiger partial charge in [-0.1, -0.05) is 36.4 Å². The highest BCUT2D eigenvalue weighted by Gasteiger charge is 2.09. The van der Waals surface area contributed by atoms with E-state index in [9.17, 15) is 4.79 Å². The molecule has 0 spiro atoms. The third-order valence-corrected chi connectivity index (χ3v) is 5.36. The summed E-state index contributed by atoms with van der Waals surface area (Å²) >= 11 is 0. The Hall–Kier alpha value is -4.32. The van der Waals surface area contributed by atoms with Gasteiger partial charge in [0.15, 0.2) is 0 Å². The van der Waals surface area contributed by atoms with Gasteiger partial charge in [0, 0.05) is 35.8 Å². The van der Waals surface area contributed by atoms with Crippen LogP contribution in [0.25, 0.3) is 22.3 Å². The van der Waals surface area contributed by atoms with Gasteiger partial charge >= 0.3 is 0 Å². The van der Waals surface area contributed by atoms with Crippen LogP contribution in [0.1, 0.15) is 21.7 Å². The Morgan fingerprint density at radius 3 is 2.53 bits per heavy atom. The summed E-state index contributed by atoms with van der Waals surface area (Å²) in [6.45, 7) is 2.70. The Morgan fingerprint density at radius 1 is 0.938 bits per heavy atom. The average molecular weight is 419 g/mol. The van der Waals surface area contributed by atoms with E-state index in [1.54, 1.807) is 12.4 Å². The maximum absolute atomic E-state index is 12.8. The number of carbonyl (C=O) groups excluding carboxylic acids is 1. The molecule has 6 nitrogen and oxygen atoms in total. The number of nitrogens with zero attached hydrogens (tertiary/aromatic N) is 4. The Labute approximate surface area is 185 Å².